The number of nitrogens with two attached hydrogens (primary N) is 1. The molecule has 17 heavy (non-hydrogen) atoms. The predicted octanol–water partition coefficient (Wildman–Crippen LogP) is 2.01. The summed E-state index contributed by atoms with van der Waals surface area (Å²) in [7, 11) is 1.65. The van der Waals surface area contributed by atoms with Gasteiger partial charge in [-0.25, -0.2) is 0 Å². The third-order valence-electron chi connectivity index (χ3n) is 2.40. The fourth-order valence-corrected chi connectivity index (χ4v) is 1.52. The van der Waals surface area contributed by atoms with Gasteiger partial charge in [0.25, 0.3) is 0 Å². The molecule has 1 atom stereocenters. The Bertz CT molecular complexity index is 348. The summed E-state index contributed by atoms with van der Waals surface area (Å²) in [5.74, 6) is 6.39. The summed E-state index contributed by atoms with van der Waals surface area (Å²) < 4.78 is 11.0. The SMILES string of the molecule is COc1ccccc1C(COC(C)(C)C)NN. The molecule has 96 valence electrons. The number of methoxy groups -OCH3 is 1. The third-order valence-corrected chi connectivity index (χ3v) is 2.40. The lowest BCUT2D eigenvalue weighted by Gasteiger charge is -2.25. The van der Waals surface area contributed by atoms with Crippen LogP contribution in [-0.4, -0.2) is 19.3 Å². The number of rotatable bonds is 5. The van der Waals surface area contributed by atoms with Gasteiger partial charge < -0.3 is 9.47 Å². The topological polar surface area (TPSA) is 56.5 Å². The Morgan fingerprint density at radius 2 is 1.94 bits per heavy atom. The maximum absolute atomic E-state index is 5.74. The van der Waals surface area contributed by atoms with E-state index in [2.05, 4.69) is 5.43 Å². The van der Waals surface area contributed by atoms with Gasteiger partial charge in [-0.3, -0.25) is 11.3 Å². The van der Waals surface area contributed by atoms with Crippen LogP contribution in [0, 0.1) is 0 Å². The highest BCUT2D eigenvalue weighted by Crippen LogP contribution is 2.25. The summed E-state index contributed by atoms with van der Waals surface area (Å²) in [4.78, 5) is 0. The van der Waals surface area contributed by atoms with Gasteiger partial charge in [0.05, 0.1) is 25.4 Å². The molecular weight excluding hydrogens is 216 g/mol. The Labute approximate surface area is 103 Å². The number of benzene rings is 1. The fourth-order valence-electron chi connectivity index (χ4n) is 1.52. The molecule has 0 aliphatic carbocycles. The van der Waals surface area contributed by atoms with E-state index in [9.17, 15) is 0 Å². The summed E-state index contributed by atoms with van der Waals surface area (Å²) in [6, 6.07) is 7.71. The zero-order chi connectivity index (χ0) is 12.9. The van der Waals surface area contributed by atoms with Gasteiger partial charge in [0.15, 0.2) is 0 Å². The summed E-state index contributed by atoms with van der Waals surface area (Å²) >= 11 is 0. The molecule has 0 radical (unpaired) electrons. The first-order valence-corrected chi connectivity index (χ1v) is 5.71. The molecule has 0 amide bonds. The number of hydrazine groups is 1. The van der Waals surface area contributed by atoms with Crippen molar-refractivity contribution in [1.82, 2.24) is 5.43 Å². The standard InChI is InChI=1S/C13H22N2O2/c1-13(2,3)17-9-11(15-14)10-7-5-6-8-12(10)16-4/h5-8,11,15H,9,14H2,1-4H3. The fraction of sp³-hybridized carbons (Fsp3) is 0.538. The van der Waals surface area contributed by atoms with E-state index in [1.807, 2.05) is 45.0 Å². The van der Waals surface area contributed by atoms with E-state index >= 15 is 0 Å². The molecular formula is C13H22N2O2. The average Bonchev–Trinajstić information content (AvgIpc) is 2.29. The van der Waals surface area contributed by atoms with E-state index < -0.39 is 0 Å². The Morgan fingerprint density at radius 3 is 2.47 bits per heavy atom. The molecule has 4 nitrogen and oxygen atoms in total. The Morgan fingerprint density at radius 1 is 1.29 bits per heavy atom. The Kier molecular flexibility index (Phi) is 4.93. The van der Waals surface area contributed by atoms with Crippen LogP contribution in [-0.2, 0) is 4.74 Å². The molecule has 1 aromatic rings. The molecule has 1 unspecified atom stereocenters. The quantitative estimate of drug-likeness (QED) is 0.608. The normalized spacial score (nSPS) is 13.5. The lowest BCUT2D eigenvalue weighted by Crippen LogP contribution is -2.34. The molecule has 1 aromatic carbocycles. The van der Waals surface area contributed by atoms with E-state index in [0.29, 0.717) is 6.61 Å². The van der Waals surface area contributed by atoms with E-state index in [1.165, 1.54) is 0 Å². The van der Waals surface area contributed by atoms with Crippen molar-refractivity contribution < 1.29 is 9.47 Å². The molecule has 1 rings (SSSR count). The molecule has 3 N–H and O–H groups in total. The van der Waals surface area contributed by atoms with E-state index in [0.717, 1.165) is 11.3 Å². The highest BCUT2D eigenvalue weighted by Gasteiger charge is 2.18. The highest BCUT2D eigenvalue weighted by molar-refractivity contribution is 5.35. The minimum atomic E-state index is -0.183. The van der Waals surface area contributed by atoms with Crippen LogP contribution in [0.4, 0.5) is 0 Å². The van der Waals surface area contributed by atoms with Crippen molar-refractivity contribution in [3.63, 3.8) is 0 Å². The van der Waals surface area contributed by atoms with Gasteiger partial charge in [-0.05, 0) is 26.8 Å². The van der Waals surface area contributed by atoms with Crippen molar-refractivity contribution in [3.05, 3.63) is 29.8 Å². The van der Waals surface area contributed by atoms with Crippen molar-refractivity contribution in [1.29, 1.82) is 0 Å². The first-order chi connectivity index (χ1) is 7.98. The maximum atomic E-state index is 5.74. The second kappa shape index (κ2) is 6.00. The van der Waals surface area contributed by atoms with Crippen molar-refractivity contribution in [2.45, 2.75) is 32.4 Å². The van der Waals surface area contributed by atoms with Gasteiger partial charge in [0.1, 0.15) is 5.75 Å². The van der Waals surface area contributed by atoms with Gasteiger partial charge in [0.2, 0.25) is 0 Å². The molecule has 4 heteroatoms. The van der Waals surface area contributed by atoms with Gasteiger partial charge >= 0.3 is 0 Å². The predicted molar refractivity (Wildman–Crippen MR) is 68.8 cm³/mol. The van der Waals surface area contributed by atoms with E-state index in [1.54, 1.807) is 7.11 Å². The molecule has 0 saturated heterocycles. The zero-order valence-electron chi connectivity index (χ0n) is 11.0. The molecule has 0 heterocycles. The van der Waals surface area contributed by atoms with Crippen LogP contribution < -0.4 is 16.0 Å². The minimum Gasteiger partial charge on any atom is -0.496 e. The van der Waals surface area contributed by atoms with Gasteiger partial charge in [-0.2, -0.15) is 0 Å². The van der Waals surface area contributed by atoms with E-state index in [4.69, 9.17) is 15.3 Å². The van der Waals surface area contributed by atoms with Crippen LogP contribution in [0.5, 0.6) is 5.75 Å². The summed E-state index contributed by atoms with van der Waals surface area (Å²) in [5, 5.41) is 0. The van der Waals surface area contributed by atoms with Gasteiger partial charge in [-0.1, -0.05) is 18.2 Å². The smallest absolute Gasteiger partial charge is 0.123 e. The minimum absolute atomic E-state index is 0.0784. The molecule has 0 aromatic heterocycles. The second-order valence-corrected chi connectivity index (χ2v) is 4.88. The molecule has 0 saturated carbocycles. The molecule has 0 aliphatic rings. The molecule has 0 spiro atoms. The molecule has 0 bridgehead atoms. The molecule has 0 fully saturated rings. The first-order valence-electron chi connectivity index (χ1n) is 5.71. The number of hydrogen-bond acceptors (Lipinski definition) is 4. The lowest BCUT2D eigenvalue weighted by atomic mass is 10.1. The van der Waals surface area contributed by atoms with Crippen LogP contribution in [0.1, 0.15) is 32.4 Å². The van der Waals surface area contributed by atoms with Crippen LogP contribution >= 0.6 is 0 Å². The van der Waals surface area contributed by atoms with Crippen LogP contribution in [0.3, 0.4) is 0 Å². The Hall–Kier alpha value is -1.10. The first kappa shape index (κ1) is 14.0. The van der Waals surface area contributed by atoms with Crippen LogP contribution in [0.2, 0.25) is 0 Å². The Balaban J connectivity index is 2.79. The summed E-state index contributed by atoms with van der Waals surface area (Å²) in [5.41, 5.74) is 3.58. The monoisotopic (exact) mass is 238 g/mol. The van der Waals surface area contributed by atoms with Crippen molar-refractivity contribution in [3.8, 4) is 5.75 Å². The van der Waals surface area contributed by atoms with Crippen LogP contribution in [0.15, 0.2) is 24.3 Å². The van der Waals surface area contributed by atoms with E-state index in [-0.39, 0.29) is 11.6 Å². The van der Waals surface area contributed by atoms with Gasteiger partial charge in [0, 0.05) is 5.56 Å². The number of hydrogen-bond donors (Lipinski definition) is 2. The third kappa shape index (κ3) is 4.34. The average molecular weight is 238 g/mol. The highest BCUT2D eigenvalue weighted by atomic mass is 16.5. The maximum Gasteiger partial charge on any atom is 0.123 e. The summed E-state index contributed by atoms with van der Waals surface area (Å²) in [6.45, 7) is 6.55. The second-order valence-electron chi connectivity index (χ2n) is 4.88. The number of nitrogens with one attached hydrogen (secondary N) is 1. The van der Waals surface area contributed by atoms with Crippen molar-refractivity contribution in [2.75, 3.05) is 13.7 Å². The number of ether oxygens (including phenoxy) is 2. The van der Waals surface area contributed by atoms with Crippen molar-refractivity contribution >= 4 is 0 Å². The zero-order valence-corrected chi connectivity index (χ0v) is 11.0. The number of para-hydroxylation sites is 1. The van der Waals surface area contributed by atoms with Crippen molar-refractivity contribution in [2.24, 2.45) is 5.84 Å². The summed E-state index contributed by atoms with van der Waals surface area (Å²) in [6.07, 6.45) is 0. The van der Waals surface area contributed by atoms with Gasteiger partial charge in [-0.15, -0.1) is 0 Å². The largest absolute Gasteiger partial charge is 0.496 e. The molecule has 0 aliphatic heterocycles. The van der Waals surface area contributed by atoms with Crippen LogP contribution in [0.25, 0.3) is 0 Å². The lowest BCUT2D eigenvalue weighted by molar-refractivity contribution is -0.0150.